The summed E-state index contributed by atoms with van der Waals surface area (Å²) in [5, 5.41) is 3.02. The van der Waals surface area contributed by atoms with E-state index < -0.39 is 5.25 Å². The molecule has 2 heterocycles. The van der Waals surface area contributed by atoms with Crippen molar-refractivity contribution >= 4 is 40.1 Å². The SMILES string of the molecule is Cc1ccccc1N=C1S[C@H](CC(=O)Nc2ccccc2)C(=O)N1C[C@@H]1CCCO1. The first-order valence-electron chi connectivity index (χ1n) is 10.2. The van der Waals surface area contributed by atoms with Gasteiger partial charge in [0.05, 0.1) is 18.3 Å². The molecular weight excluding hydrogens is 398 g/mol. The normalized spacial score (nSPS) is 22.6. The second kappa shape index (κ2) is 9.45. The Kier molecular flexibility index (Phi) is 6.50. The zero-order valence-corrected chi connectivity index (χ0v) is 17.7. The van der Waals surface area contributed by atoms with Gasteiger partial charge in [0.2, 0.25) is 11.8 Å². The molecule has 0 radical (unpaired) electrons. The fourth-order valence-electron chi connectivity index (χ4n) is 3.58. The number of hydrogen-bond donors (Lipinski definition) is 1. The van der Waals surface area contributed by atoms with E-state index in [1.807, 2.05) is 61.5 Å². The van der Waals surface area contributed by atoms with Crippen LogP contribution in [0.25, 0.3) is 0 Å². The van der Waals surface area contributed by atoms with Crippen LogP contribution in [0, 0.1) is 6.92 Å². The van der Waals surface area contributed by atoms with Crippen LogP contribution in [0.2, 0.25) is 0 Å². The second-order valence-electron chi connectivity index (χ2n) is 7.49. The number of nitrogens with zero attached hydrogens (tertiary/aromatic N) is 2. The highest BCUT2D eigenvalue weighted by atomic mass is 32.2. The Labute approximate surface area is 180 Å². The van der Waals surface area contributed by atoms with Crippen LogP contribution in [0.4, 0.5) is 11.4 Å². The Bertz CT molecular complexity index is 942. The average Bonchev–Trinajstić information content (AvgIpc) is 3.35. The van der Waals surface area contributed by atoms with Crippen molar-refractivity contribution in [3.05, 3.63) is 60.2 Å². The van der Waals surface area contributed by atoms with Crippen LogP contribution < -0.4 is 5.32 Å². The molecule has 2 fully saturated rings. The topological polar surface area (TPSA) is 71.0 Å². The zero-order chi connectivity index (χ0) is 20.9. The lowest BCUT2D eigenvalue weighted by molar-refractivity contribution is -0.129. The number of para-hydroxylation sites is 2. The van der Waals surface area contributed by atoms with Crippen molar-refractivity contribution in [2.75, 3.05) is 18.5 Å². The van der Waals surface area contributed by atoms with Gasteiger partial charge in [0.15, 0.2) is 5.17 Å². The minimum Gasteiger partial charge on any atom is -0.376 e. The molecule has 0 unspecified atom stereocenters. The molecule has 7 heteroatoms. The van der Waals surface area contributed by atoms with Gasteiger partial charge in [-0.05, 0) is 43.5 Å². The minimum atomic E-state index is -0.488. The number of ether oxygens (including phenoxy) is 1. The molecule has 156 valence electrons. The number of anilines is 1. The van der Waals surface area contributed by atoms with Gasteiger partial charge in [0.1, 0.15) is 5.25 Å². The molecule has 2 aliphatic rings. The molecule has 2 aromatic rings. The summed E-state index contributed by atoms with van der Waals surface area (Å²) in [6.45, 7) is 3.20. The smallest absolute Gasteiger partial charge is 0.242 e. The summed E-state index contributed by atoms with van der Waals surface area (Å²) in [6, 6.07) is 17.1. The van der Waals surface area contributed by atoms with Gasteiger partial charge in [0.25, 0.3) is 0 Å². The number of nitrogens with one attached hydrogen (secondary N) is 1. The quantitative estimate of drug-likeness (QED) is 0.758. The fraction of sp³-hybridized carbons (Fsp3) is 0.348. The number of amidine groups is 1. The van der Waals surface area contributed by atoms with E-state index in [1.165, 1.54) is 11.8 Å². The van der Waals surface area contributed by atoms with E-state index in [0.717, 1.165) is 36.4 Å². The maximum Gasteiger partial charge on any atom is 0.242 e. The third-order valence-corrected chi connectivity index (χ3v) is 6.37. The van der Waals surface area contributed by atoms with Crippen molar-refractivity contribution in [1.82, 2.24) is 4.90 Å². The molecule has 0 bridgehead atoms. The number of rotatable bonds is 6. The van der Waals surface area contributed by atoms with Crippen molar-refractivity contribution in [3.8, 4) is 0 Å². The summed E-state index contributed by atoms with van der Waals surface area (Å²) < 4.78 is 5.74. The number of thioether (sulfide) groups is 1. The van der Waals surface area contributed by atoms with Crippen LogP contribution in [-0.2, 0) is 14.3 Å². The van der Waals surface area contributed by atoms with Crippen molar-refractivity contribution in [2.45, 2.75) is 37.5 Å². The van der Waals surface area contributed by atoms with Crippen LogP contribution in [0.5, 0.6) is 0 Å². The van der Waals surface area contributed by atoms with Crippen LogP contribution in [0.3, 0.4) is 0 Å². The molecule has 0 spiro atoms. The maximum atomic E-state index is 13.2. The number of benzene rings is 2. The highest BCUT2D eigenvalue weighted by molar-refractivity contribution is 8.15. The molecule has 0 saturated carbocycles. The first kappa shape index (κ1) is 20.6. The minimum absolute atomic E-state index is 0.0218. The number of carbonyl (C=O) groups is 2. The Balaban J connectivity index is 1.51. The summed E-state index contributed by atoms with van der Waals surface area (Å²) in [4.78, 5) is 32.2. The van der Waals surface area contributed by atoms with Gasteiger partial charge in [-0.2, -0.15) is 0 Å². The van der Waals surface area contributed by atoms with Crippen LogP contribution >= 0.6 is 11.8 Å². The monoisotopic (exact) mass is 423 g/mol. The van der Waals surface area contributed by atoms with Gasteiger partial charge in [0, 0.05) is 18.7 Å². The Morgan fingerprint density at radius 3 is 2.70 bits per heavy atom. The van der Waals surface area contributed by atoms with Crippen LogP contribution in [0.15, 0.2) is 59.6 Å². The van der Waals surface area contributed by atoms with Crippen LogP contribution in [0.1, 0.15) is 24.8 Å². The number of amides is 2. The van der Waals surface area contributed by atoms with E-state index in [-0.39, 0.29) is 24.3 Å². The number of aryl methyl sites for hydroxylation is 1. The molecule has 2 saturated heterocycles. The summed E-state index contributed by atoms with van der Waals surface area (Å²) in [7, 11) is 0. The Morgan fingerprint density at radius 1 is 1.20 bits per heavy atom. The lowest BCUT2D eigenvalue weighted by Gasteiger charge is -2.20. The summed E-state index contributed by atoms with van der Waals surface area (Å²) in [5.74, 6) is -0.257. The summed E-state index contributed by atoms with van der Waals surface area (Å²) >= 11 is 1.36. The molecule has 2 aromatic carbocycles. The molecule has 1 N–H and O–H groups in total. The third kappa shape index (κ3) is 4.91. The van der Waals surface area contributed by atoms with E-state index in [4.69, 9.17) is 9.73 Å². The zero-order valence-electron chi connectivity index (χ0n) is 16.9. The molecule has 2 aliphatic heterocycles. The van der Waals surface area contributed by atoms with E-state index in [0.29, 0.717) is 11.7 Å². The van der Waals surface area contributed by atoms with Crippen molar-refractivity contribution < 1.29 is 14.3 Å². The number of aliphatic imine (C=N–C) groups is 1. The number of hydrogen-bond acceptors (Lipinski definition) is 5. The molecule has 2 amide bonds. The van der Waals surface area contributed by atoms with E-state index in [2.05, 4.69) is 5.32 Å². The number of carbonyl (C=O) groups excluding carboxylic acids is 2. The highest BCUT2D eigenvalue weighted by Gasteiger charge is 2.40. The van der Waals surface area contributed by atoms with Crippen molar-refractivity contribution in [1.29, 1.82) is 0 Å². The molecule has 0 aliphatic carbocycles. The lowest BCUT2D eigenvalue weighted by atomic mass is 10.2. The molecular formula is C23H25N3O3S. The fourth-order valence-corrected chi connectivity index (χ4v) is 4.74. The van der Waals surface area contributed by atoms with Gasteiger partial charge in [-0.25, -0.2) is 4.99 Å². The van der Waals surface area contributed by atoms with Crippen molar-refractivity contribution in [3.63, 3.8) is 0 Å². The van der Waals surface area contributed by atoms with Gasteiger partial charge < -0.3 is 10.1 Å². The maximum absolute atomic E-state index is 13.2. The van der Waals surface area contributed by atoms with Gasteiger partial charge in [-0.1, -0.05) is 48.2 Å². The molecule has 6 nitrogen and oxygen atoms in total. The molecule has 0 aromatic heterocycles. The average molecular weight is 424 g/mol. The Morgan fingerprint density at radius 2 is 1.97 bits per heavy atom. The highest BCUT2D eigenvalue weighted by Crippen LogP contribution is 2.33. The van der Waals surface area contributed by atoms with Crippen LogP contribution in [-0.4, -0.2) is 46.4 Å². The van der Waals surface area contributed by atoms with Gasteiger partial charge in [-0.15, -0.1) is 0 Å². The predicted octanol–water partition coefficient (Wildman–Crippen LogP) is 4.13. The largest absolute Gasteiger partial charge is 0.376 e. The molecule has 4 rings (SSSR count). The first-order valence-corrected chi connectivity index (χ1v) is 11.1. The third-order valence-electron chi connectivity index (χ3n) is 5.19. The Hall–Kier alpha value is -2.64. The lowest BCUT2D eigenvalue weighted by Crippen LogP contribution is -2.38. The standard InChI is InChI=1S/C23H25N3O3S/c1-16-8-5-6-12-19(16)25-23-26(15-18-11-7-13-29-18)22(28)20(30-23)14-21(27)24-17-9-3-2-4-10-17/h2-6,8-10,12,18,20H,7,11,13-15H2,1H3,(H,24,27)/t18-,20+/m0/s1. The first-order chi connectivity index (χ1) is 14.6. The van der Waals surface area contributed by atoms with Gasteiger partial charge >= 0.3 is 0 Å². The summed E-state index contributed by atoms with van der Waals surface area (Å²) in [5.41, 5.74) is 2.60. The predicted molar refractivity (Wildman–Crippen MR) is 120 cm³/mol. The van der Waals surface area contributed by atoms with E-state index >= 15 is 0 Å². The second-order valence-corrected chi connectivity index (χ2v) is 8.66. The molecule has 30 heavy (non-hydrogen) atoms. The van der Waals surface area contributed by atoms with E-state index in [1.54, 1.807) is 4.90 Å². The van der Waals surface area contributed by atoms with Gasteiger partial charge in [-0.3, -0.25) is 14.5 Å². The van der Waals surface area contributed by atoms with E-state index in [9.17, 15) is 9.59 Å². The molecule has 2 atom stereocenters. The van der Waals surface area contributed by atoms with Crippen molar-refractivity contribution in [2.24, 2.45) is 4.99 Å². The summed E-state index contributed by atoms with van der Waals surface area (Å²) in [6.07, 6.45) is 2.07.